The van der Waals surface area contributed by atoms with E-state index in [9.17, 15) is 18.4 Å². The summed E-state index contributed by atoms with van der Waals surface area (Å²) in [4.78, 5) is 31.6. The summed E-state index contributed by atoms with van der Waals surface area (Å²) >= 11 is 0. The summed E-state index contributed by atoms with van der Waals surface area (Å²) in [6.45, 7) is 4.15. The van der Waals surface area contributed by atoms with Crippen LogP contribution in [0.3, 0.4) is 0 Å². The number of nitrogens with one attached hydrogen (secondary N) is 1. The van der Waals surface area contributed by atoms with Crippen molar-refractivity contribution in [1.82, 2.24) is 29.8 Å². The first-order valence-electron chi connectivity index (χ1n) is 12.7. The van der Waals surface area contributed by atoms with E-state index in [0.717, 1.165) is 65.0 Å². The van der Waals surface area contributed by atoms with Gasteiger partial charge in [0.2, 0.25) is 5.91 Å². The second-order valence-corrected chi connectivity index (χ2v) is 10.1. The van der Waals surface area contributed by atoms with Gasteiger partial charge in [0.25, 0.3) is 5.91 Å². The molecule has 1 N–H and O–H groups in total. The molecule has 36 heavy (non-hydrogen) atoms. The highest BCUT2D eigenvalue weighted by molar-refractivity contribution is 6.05. The minimum atomic E-state index is -2.84. The fourth-order valence-corrected chi connectivity index (χ4v) is 6.12. The Morgan fingerprint density at radius 1 is 1.11 bits per heavy atom. The molecule has 1 aromatic carbocycles. The molecular formula is C25H34F2N6O3. The number of rotatable bonds is 7. The highest BCUT2D eigenvalue weighted by atomic mass is 19.3. The third-order valence-corrected chi connectivity index (χ3v) is 8.02. The van der Waals surface area contributed by atoms with Gasteiger partial charge < -0.3 is 15.0 Å². The van der Waals surface area contributed by atoms with Crippen LogP contribution in [0.4, 0.5) is 8.78 Å². The number of methoxy groups -OCH3 is 1. The number of hydrogen-bond donors (Lipinski definition) is 1. The molecule has 0 saturated carbocycles. The van der Waals surface area contributed by atoms with E-state index in [1.165, 1.54) is 13.2 Å². The number of amides is 2. The Bertz CT molecular complexity index is 1100. The Morgan fingerprint density at radius 2 is 1.81 bits per heavy atom. The van der Waals surface area contributed by atoms with Crippen molar-refractivity contribution < 1.29 is 23.1 Å². The van der Waals surface area contributed by atoms with Crippen LogP contribution < -0.4 is 10.1 Å². The molecule has 3 saturated heterocycles. The lowest BCUT2D eigenvalue weighted by Crippen LogP contribution is -2.54. The number of carbonyl (C=O) groups excluding carboxylic acids is 2. The Kier molecular flexibility index (Phi) is 7.11. The normalized spacial score (nSPS) is 25.0. The Morgan fingerprint density at radius 3 is 2.42 bits per heavy atom. The Labute approximate surface area is 209 Å². The molecule has 196 valence electrons. The predicted molar refractivity (Wildman–Crippen MR) is 130 cm³/mol. The number of piperidine rings is 1. The van der Waals surface area contributed by atoms with Crippen molar-refractivity contribution in [3.05, 3.63) is 23.9 Å². The van der Waals surface area contributed by atoms with E-state index in [0.29, 0.717) is 27.9 Å². The first-order chi connectivity index (χ1) is 17.3. The average Bonchev–Trinajstić information content (AvgIpc) is 3.36. The maximum absolute atomic E-state index is 13.5. The average molecular weight is 505 g/mol. The number of alkyl halides is 2. The summed E-state index contributed by atoms with van der Waals surface area (Å²) in [7, 11) is 1.49. The van der Waals surface area contributed by atoms with Crippen molar-refractivity contribution in [2.24, 2.45) is 0 Å². The van der Waals surface area contributed by atoms with Gasteiger partial charge in [-0.15, -0.1) is 0 Å². The SMILES string of the molecule is COc1ccc2c(c1)c(C(=O)N[C@H]1C[C@H]3CC[C@@H](C1)N3CCN1CCN(C(C)=O)CC1)nn2C(F)F. The molecule has 0 radical (unpaired) electrons. The first kappa shape index (κ1) is 24.9. The van der Waals surface area contributed by atoms with Crippen LogP contribution in [-0.4, -0.2) is 101 Å². The molecule has 0 spiro atoms. The number of aromatic nitrogens is 2. The molecule has 9 nitrogen and oxygen atoms in total. The molecule has 11 heteroatoms. The summed E-state index contributed by atoms with van der Waals surface area (Å²) in [5.41, 5.74) is 0.207. The quantitative estimate of drug-likeness (QED) is 0.623. The third-order valence-electron chi connectivity index (χ3n) is 8.02. The van der Waals surface area contributed by atoms with Gasteiger partial charge in [-0.1, -0.05) is 0 Å². The van der Waals surface area contributed by atoms with Gasteiger partial charge in [0.15, 0.2) is 5.69 Å². The molecule has 0 aliphatic carbocycles. The summed E-state index contributed by atoms with van der Waals surface area (Å²) in [6, 6.07) is 5.47. The lowest BCUT2D eigenvalue weighted by atomic mass is 9.97. The van der Waals surface area contributed by atoms with Gasteiger partial charge in [0.1, 0.15) is 5.75 Å². The molecule has 5 rings (SSSR count). The number of halogens is 2. The molecular weight excluding hydrogens is 470 g/mol. The minimum absolute atomic E-state index is 0.00341. The topological polar surface area (TPSA) is 82.9 Å². The highest BCUT2D eigenvalue weighted by Gasteiger charge is 2.41. The van der Waals surface area contributed by atoms with Crippen molar-refractivity contribution in [2.45, 2.75) is 57.3 Å². The van der Waals surface area contributed by atoms with E-state index >= 15 is 0 Å². The van der Waals surface area contributed by atoms with E-state index in [1.54, 1.807) is 19.1 Å². The van der Waals surface area contributed by atoms with Gasteiger partial charge >= 0.3 is 6.55 Å². The van der Waals surface area contributed by atoms with Gasteiger partial charge in [-0.3, -0.25) is 19.4 Å². The van der Waals surface area contributed by atoms with E-state index < -0.39 is 12.5 Å². The Balaban J connectivity index is 1.20. The second-order valence-electron chi connectivity index (χ2n) is 10.1. The number of ether oxygens (including phenoxy) is 1. The maximum atomic E-state index is 13.5. The molecule has 2 bridgehead atoms. The molecule has 3 aliphatic heterocycles. The molecule has 2 aromatic rings. The van der Waals surface area contributed by atoms with Crippen LogP contribution in [0.25, 0.3) is 10.9 Å². The Hall–Kier alpha value is -2.79. The van der Waals surface area contributed by atoms with E-state index in [2.05, 4.69) is 20.2 Å². The predicted octanol–water partition coefficient (Wildman–Crippen LogP) is 2.33. The number of hydrogen-bond acceptors (Lipinski definition) is 6. The summed E-state index contributed by atoms with van der Waals surface area (Å²) in [5, 5.41) is 7.40. The fourth-order valence-electron chi connectivity index (χ4n) is 6.12. The van der Waals surface area contributed by atoms with Crippen LogP contribution in [0, 0.1) is 0 Å². The molecule has 3 atom stereocenters. The molecule has 0 unspecified atom stereocenters. The fraction of sp³-hybridized carbons (Fsp3) is 0.640. The van der Waals surface area contributed by atoms with Crippen molar-refractivity contribution >= 4 is 22.7 Å². The largest absolute Gasteiger partial charge is 0.497 e. The molecule has 2 amide bonds. The van der Waals surface area contributed by atoms with Crippen LogP contribution in [0.15, 0.2) is 18.2 Å². The van der Waals surface area contributed by atoms with Crippen LogP contribution >= 0.6 is 0 Å². The molecule has 3 fully saturated rings. The van der Waals surface area contributed by atoms with Crippen LogP contribution in [-0.2, 0) is 4.79 Å². The van der Waals surface area contributed by atoms with Crippen LogP contribution in [0.5, 0.6) is 5.75 Å². The summed E-state index contributed by atoms with van der Waals surface area (Å²) in [5.74, 6) is 0.207. The monoisotopic (exact) mass is 504 g/mol. The zero-order chi connectivity index (χ0) is 25.4. The van der Waals surface area contributed by atoms with Gasteiger partial charge in [0.05, 0.1) is 12.6 Å². The number of benzene rings is 1. The van der Waals surface area contributed by atoms with Gasteiger partial charge in [-0.2, -0.15) is 13.9 Å². The first-order valence-corrected chi connectivity index (χ1v) is 12.7. The van der Waals surface area contributed by atoms with Crippen LogP contribution in [0.1, 0.15) is 49.6 Å². The van der Waals surface area contributed by atoms with E-state index in [1.807, 2.05) is 4.90 Å². The van der Waals surface area contributed by atoms with Crippen LogP contribution in [0.2, 0.25) is 0 Å². The van der Waals surface area contributed by atoms with Gasteiger partial charge in [-0.05, 0) is 43.9 Å². The maximum Gasteiger partial charge on any atom is 0.333 e. The number of piperazine rings is 1. The van der Waals surface area contributed by atoms with Crippen molar-refractivity contribution in [2.75, 3.05) is 46.4 Å². The smallest absolute Gasteiger partial charge is 0.333 e. The third kappa shape index (κ3) is 4.90. The van der Waals surface area contributed by atoms with Crippen molar-refractivity contribution in [1.29, 1.82) is 0 Å². The minimum Gasteiger partial charge on any atom is -0.497 e. The highest BCUT2D eigenvalue weighted by Crippen LogP contribution is 2.36. The van der Waals surface area contributed by atoms with Gasteiger partial charge in [-0.25, -0.2) is 4.68 Å². The zero-order valence-electron chi connectivity index (χ0n) is 20.8. The molecule has 4 heterocycles. The van der Waals surface area contributed by atoms with Gasteiger partial charge in [0, 0.05) is 69.7 Å². The summed E-state index contributed by atoms with van der Waals surface area (Å²) in [6.07, 6.45) is 3.90. The number of fused-ring (bicyclic) bond motifs is 3. The van der Waals surface area contributed by atoms with E-state index in [-0.39, 0.29) is 23.2 Å². The lowest BCUT2D eigenvalue weighted by molar-refractivity contribution is -0.130. The number of carbonyl (C=O) groups is 2. The second kappa shape index (κ2) is 10.3. The van der Waals surface area contributed by atoms with E-state index in [4.69, 9.17) is 4.74 Å². The summed E-state index contributed by atoms with van der Waals surface area (Å²) < 4.78 is 32.9. The van der Waals surface area contributed by atoms with Crippen molar-refractivity contribution in [3.8, 4) is 5.75 Å². The molecule has 3 aliphatic rings. The standard InChI is InChI=1S/C25H34F2N6O3/c1-16(34)31-10-7-30(8-11-31)9-12-32-18-3-4-19(32)14-17(13-18)28-24(35)23-21-15-20(36-2)5-6-22(21)33(29-23)25(26)27/h5-6,15,17-19,25H,3-4,7-14H2,1-2H3,(H,28,35)/t17-,18+,19-. The zero-order valence-corrected chi connectivity index (χ0v) is 20.8. The molecule has 1 aromatic heterocycles. The van der Waals surface area contributed by atoms with Crippen molar-refractivity contribution in [3.63, 3.8) is 0 Å². The number of nitrogens with zero attached hydrogens (tertiary/aromatic N) is 5. The lowest BCUT2D eigenvalue weighted by Gasteiger charge is -2.41.